The second kappa shape index (κ2) is 6.94. The molecule has 0 saturated carbocycles. The molecule has 0 unspecified atom stereocenters. The number of rotatable bonds is 0. The Hall–Kier alpha value is -1.17. The molecule has 0 aromatic rings. The predicted molar refractivity (Wildman–Crippen MR) is 33.3 cm³/mol. The van der Waals surface area contributed by atoms with Crippen molar-refractivity contribution in [1.29, 1.82) is 5.26 Å². The largest absolute Gasteiger partial charge is 0.512 e. The molecule has 1 aliphatic rings. The molecule has 0 saturated heterocycles. The fraction of sp³-hybridized carbons (Fsp3) is 0. The molecule has 0 aromatic carbocycles. The average molecular weight is 190 g/mol. The first-order valence-corrected chi connectivity index (χ1v) is 2.45. The van der Waals surface area contributed by atoms with Gasteiger partial charge in [-0.25, -0.2) is 0 Å². The van der Waals surface area contributed by atoms with E-state index in [1.54, 1.807) is 0 Å². The number of allylic oxidation sites excluding steroid dienone is 4. The topological polar surface area (TPSA) is 57.9 Å². The first-order valence-electron chi connectivity index (χ1n) is 2.45. The van der Waals surface area contributed by atoms with E-state index in [2.05, 4.69) is 0 Å². The van der Waals surface area contributed by atoms with Crippen molar-refractivity contribution in [3.63, 3.8) is 0 Å². The van der Waals surface area contributed by atoms with Crippen LogP contribution in [0.2, 0.25) is 0 Å². The van der Waals surface area contributed by atoms with E-state index in [9.17, 15) is 9.59 Å². The van der Waals surface area contributed by atoms with Gasteiger partial charge in [0.2, 0.25) is 0 Å². The standard InChI is InChI=1S/C6H4O2.CN.Fe/c7-5-1-2-6(8)4-3-5;1-2;/h1-4H;;/q;-1;. The second-order valence-corrected chi connectivity index (χ2v) is 1.47. The molecular weight excluding hydrogens is 186 g/mol. The van der Waals surface area contributed by atoms with Crippen LogP contribution < -0.4 is 0 Å². The van der Waals surface area contributed by atoms with Crippen molar-refractivity contribution in [3.8, 4) is 0 Å². The van der Waals surface area contributed by atoms with Gasteiger partial charge in [0.05, 0.1) is 0 Å². The van der Waals surface area contributed by atoms with Gasteiger partial charge in [-0.1, -0.05) is 0 Å². The Labute approximate surface area is 74.9 Å². The van der Waals surface area contributed by atoms with Gasteiger partial charge >= 0.3 is 0 Å². The monoisotopic (exact) mass is 190 g/mol. The molecule has 0 radical (unpaired) electrons. The van der Waals surface area contributed by atoms with Crippen molar-refractivity contribution < 1.29 is 26.7 Å². The van der Waals surface area contributed by atoms with Crippen LogP contribution in [-0.2, 0) is 26.7 Å². The molecule has 3 nitrogen and oxygen atoms in total. The minimum Gasteiger partial charge on any atom is -0.512 e. The van der Waals surface area contributed by atoms with Crippen molar-refractivity contribution in [2.45, 2.75) is 0 Å². The minimum absolute atomic E-state index is 0. The minimum atomic E-state index is -0.121. The molecule has 0 spiro atoms. The molecule has 58 valence electrons. The van der Waals surface area contributed by atoms with Crippen molar-refractivity contribution in [1.82, 2.24) is 0 Å². The summed E-state index contributed by atoms with van der Waals surface area (Å²) in [5.41, 5.74) is 0. The maximum atomic E-state index is 10.3. The van der Waals surface area contributed by atoms with E-state index in [-0.39, 0.29) is 28.6 Å². The number of hydrogen-bond acceptors (Lipinski definition) is 3. The zero-order chi connectivity index (χ0) is 7.98. The summed E-state index contributed by atoms with van der Waals surface area (Å²) in [6, 6.07) is 0. The molecule has 4 heteroatoms. The van der Waals surface area contributed by atoms with E-state index in [0.717, 1.165) is 0 Å². The van der Waals surface area contributed by atoms with E-state index in [0.29, 0.717) is 0 Å². The van der Waals surface area contributed by atoms with Crippen LogP contribution in [0.3, 0.4) is 0 Å². The van der Waals surface area contributed by atoms with Crippen molar-refractivity contribution >= 4 is 11.6 Å². The van der Waals surface area contributed by atoms with Gasteiger partial charge in [-0.05, 0) is 24.3 Å². The molecule has 1 rings (SSSR count). The van der Waals surface area contributed by atoms with Gasteiger partial charge in [0, 0.05) is 17.1 Å². The summed E-state index contributed by atoms with van der Waals surface area (Å²) in [7, 11) is 0. The number of carbonyl (C=O) groups excluding carboxylic acids is 2. The van der Waals surface area contributed by atoms with Crippen LogP contribution in [0, 0.1) is 11.8 Å². The zero-order valence-corrected chi connectivity index (χ0v) is 6.53. The van der Waals surface area contributed by atoms with Gasteiger partial charge in [0.1, 0.15) is 0 Å². The van der Waals surface area contributed by atoms with Crippen LogP contribution >= 0.6 is 0 Å². The molecular formula is C7H4FeNO2-. The number of ketones is 2. The fourth-order valence-electron chi connectivity index (χ4n) is 0.440. The zero-order valence-electron chi connectivity index (χ0n) is 5.43. The summed E-state index contributed by atoms with van der Waals surface area (Å²) in [5.74, 6) is -0.241. The Kier molecular flexibility index (Phi) is 7.89. The average Bonchev–Trinajstić information content (AvgIpc) is 2.00. The van der Waals surface area contributed by atoms with Crippen LogP contribution in [0.1, 0.15) is 0 Å². The third kappa shape index (κ3) is 5.28. The fourth-order valence-corrected chi connectivity index (χ4v) is 0.440. The van der Waals surface area contributed by atoms with Gasteiger partial charge in [-0.15, -0.1) is 0 Å². The Balaban J connectivity index is 0. The molecule has 0 atom stereocenters. The number of nitrogens with zero attached hydrogens (tertiary/aromatic N) is 1. The maximum absolute atomic E-state index is 10.3. The van der Waals surface area contributed by atoms with E-state index >= 15 is 0 Å². The Morgan fingerprint density at radius 1 is 0.909 bits per heavy atom. The smallest absolute Gasteiger partial charge is 0.178 e. The maximum Gasteiger partial charge on any atom is 0.178 e. The molecule has 0 amide bonds. The van der Waals surface area contributed by atoms with Gasteiger partial charge in [0.25, 0.3) is 0 Å². The predicted octanol–water partition coefficient (Wildman–Crippen LogP) is 0.344. The van der Waals surface area contributed by atoms with Gasteiger partial charge in [-0.3, -0.25) is 9.59 Å². The normalized spacial score (nSPS) is 12.9. The molecule has 0 bridgehead atoms. The van der Waals surface area contributed by atoms with Crippen LogP contribution in [0.25, 0.3) is 0 Å². The summed E-state index contributed by atoms with van der Waals surface area (Å²) in [5, 5.41) is 6.25. The molecule has 11 heavy (non-hydrogen) atoms. The molecule has 0 aromatic heterocycles. The van der Waals surface area contributed by atoms with Crippen LogP contribution in [-0.4, -0.2) is 11.6 Å². The van der Waals surface area contributed by atoms with Gasteiger partial charge < -0.3 is 11.8 Å². The molecule has 0 fully saturated rings. The van der Waals surface area contributed by atoms with Crippen molar-refractivity contribution in [2.75, 3.05) is 0 Å². The van der Waals surface area contributed by atoms with Crippen molar-refractivity contribution in [2.24, 2.45) is 0 Å². The quantitative estimate of drug-likeness (QED) is 0.314. The van der Waals surface area contributed by atoms with Gasteiger partial charge in [-0.2, -0.15) is 0 Å². The third-order valence-electron chi connectivity index (χ3n) is 0.824. The first kappa shape index (κ1) is 12.5. The Bertz CT molecular complexity index is 190. The SMILES string of the molecule is O=C1C=CC(=O)C=C1.[C-]#N.[Fe]. The summed E-state index contributed by atoms with van der Waals surface area (Å²) < 4.78 is 0. The summed E-state index contributed by atoms with van der Waals surface area (Å²) in [4.78, 5) is 20.6. The Morgan fingerprint density at radius 2 is 1.09 bits per heavy atom. The molecule has 0 heterocycles. The third-order valence-corrected chi connectivity index (χ3v) is 0.824. The van der Waals surface area contributed by atoms with E-state index < -0.39 is 0 Å². The molecule has 1 aliphatic carbocycles. The van der Waals surface area contributed by atoms with E-state index in [1.807, 2.05) is 0 Å². The Morgan fingerprint density at radius 3 is 1.27 bits per heavy atom. The summed E-state index contributed by atoms with van der Waals surface area (Å²) in [6.45, 7) is 4.75. The van der Waals surface area contributed by atoms with Crippen molar-refractivity contribution in [3.05, 3.63) is 30.9 Å². The molecule has 0 aliphatic heterocycles. The number of carbonyl (C=O) groups is 2. The van der Waals surface area contributed by atoms with Crippen LogP contribution in [0.5, 0.6) is 0 Å². The second-order valence-electron chi connectivity index (χ2n) is 1.47. The van der Waals surface area contributed by atoms with Crippen LogP contribution in [0.15, 0.2) is 24.3 Å². The van der Waals surface area contributed by atoms with E-state index in [4.69, 9.17) is 11.8 Å². The summed E-state index contributed by atoms with van der Waals surface area (Å²) in [6.07, 6.45) is 5.01. The number of hydrogen-bond donors (Lipinski definition) is 0. The van der Waals surface area contributed by atoms with Gasteiger partial charge in [0.15, 0.2) is 11.6 Å². The van der Waals surface area contributed by atoms with Crippen LogP contribution in [0.4, 0.5) is 0 Å². The summed E-state index contributed by atoms with van der Waals surface area (Å²) >= 11 is 0. The van der Waals surface area contributed by atoms with E-state index in [1.165, 1.54) is 24.3 Å². The molecule has 0 N–H and O–H groups in total. The first-order chi connectivity index (χ1) is 4.79.